The lowest BCUT2D eigenvalue weighted by Gasteiger charge is -2.15. The summed E-state index contributed by atoms with van der Waals surface area (Å²) in [5.74, 6) is 0.422. The highest BCUT2D eigenvalue weighted by molar-refractivity contribution is 5.22. The van der Waals surface area contributed by atoms with E-state index >= 15 is 0 Å². The fourth-order valence-corrected chi connectivity index (χ4v) is 1.07. The van der Waals surface area contributed by atoms with Crippen molar-refractivity contribution in [2.75, 3.05) is 11.9 Å². The smallest absolute Gasteiger partial charge is 0.274 e. The van der Waals surface area contributed by atoms with Gasteiger partial charge in [-0.05, 0) is 6.92 Å². The number of anilines is 1. The summed E-state index contributed by atoms with van der Waals surface area (Å²) in [4.78, 5) is 14.2. The molecule has 1 aromatic heterocycles. The molecule has 5 nitrogen and oxygen atoms in total. The second-order valence-electron chi connectivity index (χ2n) is 4.13. The summed E-state index contributed by atoms with van der Waals surface area (Å²) in [5, 5.41) is 10.7. The fourth-order valence-electron chi connectivity index (χ4n) is 1.07. The van der Waals surface area contributed by atoms with Crippen LogP contribution in [0.4, 0.5) is 5.95 Å². The summed E-state index contributed by atoms with van der Waals surface area (Å²) < 4.78 is 0. The van der Waals surface area contributed by atoms with Crippen molar-refractivity contribution in [3.05, 3.63) is 16.0 Å². The van der Waals surface area contributed by atoms with Crippen molar-refractivity contribution in [3.8, 4) is 0 Å². The van der Waals surface area contributed by atoms with E-state index in [4.69, 9.17) is 0 Å². The van der Waals surface area contributed by atoms with Crippen LogP contribution in [0.25, 0.3) is 0 Å². The van der Waals surface area contributed by atoms with Crippen LogP contribution in [0.1, 0.15) is 33.4 Å². The molecule has 1 aromatic rings. The van der Waals surface area contributed by atoms with E-state index in [1.807, 2.05) is 27.7 Å². The van der Waals surface area contributed by atoms with E-state index in [0.29, 0.717) is 18.2 Å². The lowest BCUT2D eigenvalue weighted by molar-refractivity contribution is 0.547. The van der Waals surface area contributed by atoms with E-state index < -0.39 is 0 Å². The summed E-state index contributed by atoms with van der Waals surface area (Å²) in [6.07, 6.45) is 0. The minimum atomic E-state index is -0.272. The van der Waals surface area contributed by atoms with Crippen molar-refractivity contribution in [1.29, 1.82) is 0 Å². The zero-order valence-corrected chi connectivity index (χ0v) is 9.01. The number of nitrogens with zero attached hydrogens (tertiary/aromatic N) is 2. The van der Waals surface area contributed by atoms with Crippen molar-refractivity contribution < 1.29 is 0 Å². The van der Waals surface area contributed by atoms with Gasteiger partial charge in [-0.3, -0.25) is 9.78 Å². The first-order chi connectivity index (χ1) is 6.45. The van der Waals surface area contributed by atoms with Crippen molar-refractivity contribution >= 4 is 5.95 Å². The third-order valence-electron chi connectivity index (χ3n) is 1.75. The third-order valence-corrected chi connectivity index (χ3v) is 1.75. The maximum absolute atomic E-state index is 11.6. The maximum atomic E-state index is 11.6. The van der Waals surface area contributed by atoms with Gasteiger partial charge in [-0.1, -0.05) is 20.8 Å². The highest BCUT2D eigenvalue weighted by atomic mass is 16.1. The third kappa shape index (κ3) is 2.31. The molecular formula is C9H16N4O. The second-order valence-corrected chi connectivity index (χ2v) is 4.13. The van der Waals surface area contributed by atoms with E-state index in [1.54, 1.807) is 0 Å². The number of aromatic nitrogens is 3. The minimum Gasteiger partial charge on any atom is -0.355 e. The molecule has 0 saturated heterocycles. The summed E-state index contributed by atoms with van der Waals surface area (Å²) in [5.41, 5.74) is 0.00770. The van der Waals surface area contributed by atoms with Gasteiger partial charge in [-0.15, -0.1) is 10.2 Å². The van der Waals surface area contributed by atoms with Gasteiger partial charge in [0.05, 0.1) is 0 Å². The molecule has 14 heavy (non-hydrogen) atoms. The molecule has 0 bridgehead atoms. The van der Waals surface area contributed by atoms with Crippen LogP contribution in [-0.4, -0.2) is 21.7 Å². The highest BCUT2D eigenvalue weighted by Gasteiger charge is 2.20. The number of aromatic amines is 1. The normalized spacial score (nSPS) is 11.4. The van der Waals surface area contributed by atoms with E-state index in [0.717, 1.165) is 0 Å². The van der Waals surface area contributed by atoms with Gasteiger partial charge in [0.15, 0.2) is 0 Å². The van der Waals surface area contributed by atoms with Crippen LogP contribution in [0.2, 0.25) is 0 Å². The van der Waals surface area contributed by atoms with Gasteiger partial charge in [0.1, 0.15) is 5.69 Å². The Morgan fingerprint density at radius 1 is 1.36 bits per heavy atom. The molecule has 0 spiro atoms. The Morgan fingerprint density at radius 3 is 2.43 bits per heavy atom. The van der Waals surface area contributed by atoms with Crippen molar-refractivity contribution in [2.45, 2.75) is 33.1 Å². The lowest BCUT2D eigenvalue weighted by atomic mass is 9.93. The van der Waals surface area contributed by atoms with Gasteiger partial charge >= 0.3 is 0 Å². The average Bonchev–Trinajstić information content (AvgIpc) is 2.02. The van der Waals surface area contributed by atoms with Crippen LogP contribution in [0, 0.1) is 0 Å². The Morgan fingerprint density at radius 2 is 2.00 bits per heavy atom. The first kappa shape index (κ1) is 10.7. The fraction of sp³-hybridized carbons (Fsp3) is 0.667. The molecule has 0 amide bonds. The Labute approximate surface area is 83.0 Å². The van der Waals surface area contributed by atoms with Crippen LogP contribution in [0.5, 0.6) is 0 Å². The minimum absolute atomic E-state index is 0.177. The van der Waals surface area contributed by atoms with E-state index in [9.17, 15) is 4.79 Å². The molecule has 78 valence electrons. The topological polar surface area (TPSA) is 70.7 Å². The predicted octanol–water partition coefficient (Wildman–Crippen LogP) is 0.894. The highest BCUT2D eigenvalue weighted by Crippen LogP contribution is 2.14. The summed E-state index contributed by atoms with van der Waals surface area (Å²) in [7, 11) is 0. The largest absolute Gasteiger partial charge is 0.355 e. The SMILES string of the molecule is CCNc1nnc(C(C)(C)C)c(=O)[nH]1. The predicted molar refractivity (Wildman–Crippen MR) is 55.5 cm³/mol. The second kappa shape index (κ2) is 3.77. The van der Waals surface area contributed by atoms with Gasteiger partial charge in [0, 0.05) is 12.0 Å². The van der Waals surface area contributed by atoms with Crippen molar-refractivity contribution in [2.24, 2.45) is 0 Å². The van der Waals surface area contributed by atoms with Gasteiger partial charge in [0.2, 0.25) is 5.95 Å². The number of hydrogen-bond donors (Lipinski definition) is 2. The summed E-state index contributed by atoms with van der Waals surface area (Å²) in [6.45, 7) is 8.43. The molecule has 0 aliphatic heterocycles. The van der Waals surface area contributed by atoms with Crippen LogP contribution in [0.3, 0.4) is 0 Å². The van der Waals surface area contributed by atoms with E-state index in [2.05, 4.69) is 20.5 Å². The molecule has 1 rings (SSSR count). The van der Waals surface area contributed by atoms with Crippen LogP contribution < -0.4 is 10.9 Å². The zero-order valence-electron chi connectivity index (χ0n) is 9.01. The molecule has 0 atom stereocenters. The molecule has 0 aliphatic carbocycles. The van der Waals surface area contributed by atoms with Gasteiger partial charge in [-0.25, -0.2) is 0 Å². The zero-order chi connectivity index (χ0) is 10.8. The van der Waals surface area contributed by atoms with E-state index in [1.165, 1.54) is 0 Å². The molecule has 2 N–H and O–H groups in total. The number of nitrogens with one attached hydrogen (secondary N) is 2. The van der Waals surface area contributed by atoms with Gasteiger partial charge < -0.3 is 5.32 Å². The Balaban J connectivity index is 3.09. The molecule has 0 fully saturated rings. The number of H-pyrrole nitrogens is 1. The Kier molecular flexibility index (Phi) is 2.88. The van der Waals surface area contributed by atoms with E-state index in [-0.39, 0.29) is 11.0 Å². The first-order valence-electron chi connectivity index (χ1n) is 4.66. The number of rotatable bonds is 2. The molecule has 5 heteroatoms. The molecular weight excluding hydrogens is 180 g/mol. The quantitative estimate of drug-likeness (QED) is 0.737. The van der Waals surface area contributed by atoms with Gasteiger partial charge in [-0.2, -0.15) is 0 Å². The standard InChI is InChI=1S/C9H16N4O/c1-5-10-8-11-7(14)6(12-13-8)9(2,3)4/h5H2,1-4H3,(H2,10,11,13,14). The first-order valence-corrected chi connectivity index (χ1v) is 4.66. The average molecular weight is 196 g/mol. The van der Waals surface area contributed by atoms with Crippen LogP contribution >= 0.6 is 0 Å². The molecule has 0 saturated carbocycles. The molecule has 0 aliphatic rings. The maximum Gasteiger partial charge on any atom is 0.274 e. The molecule has 1 heterocycles. The number of hydrogen-bond acceptors (Lipinski definition) is 4. The van der Waals surface area contributed by atoms with Crippen molar-refractivity contribution in [1.82, 2.24) is 15.2 Å². The summed E-state index contributed by atoms with van der Waals surface area (Å²) in [6, 6.07) is 0. The van der Waals surface area contributed by atoms with Crippen molar-refractivity contribution in [3.63, 3.8) is 0 Å². The van der Waals surface area contributed by atoms with Gasteiger partial charge in [0.25, 0.3) is 5.56 Å². The molecule has 0 aromatic carbocycles. The lowest BCUT2D eigenvalue weighted by Crippen LogP contribution is -2.28. The van der Waals surface area contributed by atoms with Crippen LogP contribution in [-0.2, 0) is 5.41 Å². The summed E-state index contributed by atoms with van der Waals surface area (Å²) >= 11 is 0. The molecule has 0 radical (unpaired) electrons. The Bertz CT molecular complexity index is 364. The monoisotopic (exact) mass is 196 g/mol. The molecule has 0 unspecified atom stereocenters. The van der Waals surface area contributed by atoms with Crippen LogP contribution in [0.15, 0.2) is 4.79 Å². The Hall–Kier alpha value is -1.39.